The summed E-state index contributed by atoms with van der Waals surface area (Å²) in [6.07, 6.45) is 0. The van der Waals surface area contributed by atoms with Gasteiger partial charge in [-0.05, 0) is 41.1 Å². The Labute approximate surface area is 133 Å². The van der Waals surface area contributed by atoms with Crippen molar-refractivity contribution >= 4 is 21.6 Å². The molecule has 1 aromatic carbocycles. The van der Waals surface area contributed by atoms with Gasteiger partial charge in [-0.2, -0.15) is 4.98 Å². The van der Waals surface area contributed by atoms with Gasteiger partial charge in [-0.25, -0.2) is 4.98 Å². The summed E-state index contributed by atoms with van der Waals surface area (Å²) in [4.78, 5) is 18.9. The molecule has 3 aromatic rings. The average molecular weight is 361 g/mol. The molecule has 7 nitrogen and oxygen atoms in total. The molecule has 0 radical (unpaired) electrons. The van der Waals surface area contributed by atoms with E-state index in [9.17, 15) is 10.1 Å². The molecule has 8 heteroatoms. The number of rotatable bonds is 3. The molecule has 0 saturated carbocycles. The zero-order valence-corrected chi connectivity index (χ0v) is 12.9. The summed E-state index contributed by atoms with van der Waals surface area (Å²) in [6.45, 7) is 1.87. The molecule has 0 spiro atoms. The van der Waals surface area contributed by atoms with Crippen LogP contribution in [0.3, 0.4) is 0 Å². The van der Waals surface area contributed by atoms with Gasteiger partial charge < -0.3 is 4.52 Å². The lowest BCUT2D eigenvalue weighted by Gasteiger charge is -1.99. The summed E-state index contributed by atoms with van der Waals surface area (Å²) in [5.41, 5.74) is 2.00. The number of hydrogen-bond acceptors (Lipinski definition) is 6. The maximum Gasteiger partial charge on any atom is 0.270 e. The lowest BCUT2D eigenvalue weighted by molar-refractivity contribution is -0.384. The van der Waals surface area contributed by atoms with Gasteiger partial charge in [0.05, 0.1) is 10.5 Å². The molecule has 0 fully saturated rings. The SMILES string of the molecule is Cc1ccc(-c2noc(-c3cccc([N+](=O)[O-])c3)n2)c(Br)n1. The van der Waals surface area contributed by atoms with E-state index in [1.807, 2.05) is 19.1 Å². The van der Waals surface area contributed by atoms with Crippen LogP contribution in [-0.4, -0.2) is 20.0 Å². The first-order valence-corrected chi connectivity index (χ1v) is 7.06. The number of pyridine rings is 1. The molecule has 0 aliphatic heterocycles. The predicted molar refractivity (Wildman–Crippen MR) is 82.1 cm³/mol. The summed E-state index contributed by atoms with van der Waals surface area (Å²) in [5.74, 6) is 0.576. The largest absolute Gasteiger partial charge is 0.334 e. The molecule has 0 atom stereocenters. The van der Waals surface area contributed by atoms with E-state index in [1.165, 1.54) is 12.1 Å². The van der Waals surface area contributed by atoms with E-state index in [2.05, 4.69) is 31.1 Å². The summed E-state index contributed by atoms with van der Waals surface area (Å²) in [6, 6.07) is 9.70. The van der Waals surface area contributed by atoms with Crippen LogP contribution in [-0.2, 0) is 0 Å². The highest BCUT2D eigenvalue weighted by atomic mass is 79.9. The third-order valence-electron chi connectivity index (χ3n) is 2.96. The Morgan fingerprint density at radius 1 is 1.23 bits per heavy atom. The van der Waals surface area contributed by atoms with Crippen molar-refractivity contribution in [3.05, 3.63) is 56.8 Å². The average Bonchev–Trinajstić information content (AvgIpc) is 2.97. The molecule has 3 rings (SSSR count). The van der Waals surface area contributed by atoms with Crippen molar-refractivity contribution in [3.63, 3.8) is 0 Å². The second kappa shape index (κ2) is 5.64. The minimum atomic E-state index is -0.471. The predicted octanol–water partition coefficient (Wildman–Crippen LogP) is 3.78. The zero-order chi connectivity index (χ0) is 15.7. The summed E-state index contributed by atoms with van der Waals surface area (Å²) < 4.78 is 5.80. The van der Waals surface area contributed by atoms with E-state index in [4.69, 9.17) is 4.52 Å². The Morgan fingerprint density at radius 3 is 2.77 bits per heavy atom. The van der Waals surface area contributed by atoms with E-state index < -0.39 is 4.92 Å². The number of halogens is 1. The Hall–Kier alpha value is -2.61. The summed E-state index contributed by atoms with van der Waals surface area (Å²) in [7, 11) is 0. The Kier molecular flexibility index (Phi) is 3.68. The molecule has 2 aromatic heterocycles. The molecule has 0 unspecified atom stereocenters. The van der Waals surface area contributed by atoms with E-state index in [0.717, 1.165) is 5.69 Å². The number of non-ortho nitro benzene ring substituents is 1. The van der Waals surface area contributed by atoms with Gasteiger partial charge in [-0.1, -0.05) is 11.2 Å². The summed E-state index contributed by atoms with van der Waals surface area (Å²) in [5, 5.41) is 14.7. The molecule has 0 amide bonds. The number of aromatic nitrogens is 3. The Balaban J connectivity index is 2.00. The maximum absolute atomic E-state index is 10.8. The fourth-order valence-electron chi connectivity index (χ4n) is 1.89. The molecule has 0 N–H and O–H groups in total. The van der Waals surface area contributed by atoms with E-state index in [1.54, 1.807) is 12.1 Å². The Morgan fingerprint density at radius 2 is 2.05 bits per heavy atom. The number of nitrogens with zero attached hydrogens (tertiary/aromatic N) is 4. The minimum absolute atomic E-state index is 0.0320. The minimum Gasteiger partial charge on any atom is -0.334 e. The normalized spacial score (nSPS) is 10.6. The topological polar surface area (TPSA) is 95.0 Å². The van der Waals surface area contributed by atoms with Crippen LogP contribution < -0.4 is 0 Å². The second-order valence-corrected chi connectivity index (χ2v) is 5.27. The van der Waals surface area contributed by atoms with Gasteiger partial charge in [0.2, 0.25) is 5.82 Å². The van der Waals surface area contributed by atoms with E-state index in [0.29, 0.717) is 21.6 Å². The van der Waals surface area contributed by atoms with Crippen LogP contribution in [0.2, 0.25) is 0 Å². The smallest absolute Gasteiger partial charge is 0.270 e. The summed E-state index contributed by atoms with van der Waals surface area (Å²) >= 11 is 3.36. The lowest BCUT2D eigenvalue weighted by Crippen LogP contribution is -1.89. The van der Waals surface area contributed by atoms with Crippen LogP contribution in [0.1, 0.15) is 5.69 Å². The van der Waals surface area contributed by atoms with Crippen molar-refractivity contribution in [2.75, 3.05) is 0 Å². The second-order valence-electron chi connectivity index (χ2n) is 4.52. The van der Waals surface area contributed by atoms with Gasteiger partial charge in [0, 0.05) is 23.4 Å². The van der Waals surface area contributed by atoms with Crippen molar-refractivity contribution in [3.8, 4) is 22.8 Å². The highest BCUT2D eigenvalue weighted by Crippen LogP contribution is 2.28. The molecule has 0 aliphatic rings. The van der Waals surface area contributed by atoms with Crippen LogP contribution in [0.4, 0.5) is 5.69 Å². The van der Waals surface area contributed by atoms with E-state index in [-0.39, 0.29) is 11.6 Å². The van der Waals surface area contributed by atoms with Gasteiger partial charge >= 0.3 is 0 Å². The molecule has 0 saturated heterocycles. The van der Waals surface area contributed by atoms with Crippen LogP contribution >= 0.6 is 15.9 Å². The molecule has 0 bridgehead atoms. The van der Waals surface area contributed by atoms with Crippen molar-refractivity contribution in [1.82, 2.24) is 15.1 Å². The molecule has 22 heavy (non-hydrogen) atoms. The molecule has 0 aliphatic carbocycles. The van der Waals surface area contributed by atoms with Gasteiger partial charge in [0.25, 0.3) is 11.6 Å². The first-order chi connectivity index (χ1) is 10.5. The number of aryl methyl sites for hydroxylation is 1. The third kappa shape index (κ3) is 2.73. The molecular weight excluding hydrogens is 352 g/mol. The monoisotopic (exact) mass is 360 g/mol. The quantitative estimate of drug-likeness (QED) is 0.400. The van der Waals surface area contributed by atoms with Gasteiger partial charge in [-0.15, -0.1) is 0 Å². The first-order valence-electron chi connectivity index (χ1n) is 6.26. The van der Waals surface area contributed by atoms with Crippen LogP contribution in [0.5, 0.6) is 0 Å². The molecule has 110 valence electrons. The van der Waals surface area contributed by atoms with Crippen molar-refractivity contribution in [2.45, 2.75) is 6.92 Å². The molecule has 2 heterocycles. The van der Waals surface area contributed by atoms with Crippen LogP contribution in [0, 0.1) is 17.0 Å². The third-order valence-corrected chi connectivity index (χ3v) is 3.56. The van der Waals surface area contributed by atoms with Crippen LogP contribution in [0.15, 0.2) is 45.5 Å². The number of nitro benzene ring substituents is 1. The highest BCUT2D eigenvalue weighted by molar-refractivity contribution is 9.10. The van der Waals surface area contributed by atoms with Gasteiger partial charge in [0.15, 0.2) is 0 Å². The Bertz CT molecular complexity index is 863. The fraction of sp³-hybridized carbons (Fsp3) is 0.0714. The number of benzene rings is 1. The van der Waals surface area contributed by atoms with Crippen LogP contribution in [0.25, 0.3) is 22.8 Å². The fourth-order valence-corrected chi connectivity index (χ4v) is 2.48. The highest BCUT2D eigenvalue weighted by Gasteiger charge is 2.15. The van der Waals surface area contributed by atoms with E-state index >= 15 is 0 Å². The standard InChI is InChI=1S/C14H9BrN4O3/c1-8-5-6-11(12(15)16-8)13-17-14(22-18-13)9-3-2-4-10(7-9)19(20)21/h2-7H,1H3. The van der Waals surface area contributed by atoms with Crippen molar-refractivity contribution in [1.29, 1.82) is 0 Å². The van der Waals surface area contributed by atoms with Gasteiger partial charge in [-0.3, -0.25) is 10.1 Å². The molecular formula is C14H9BrN4O3. The van der Waals surface area contributed by atoms with Gasteiger partial charge in [0.1, 0.15) is 4.60 Å². The number of nitro groups is 1. The van der Waals surface area contributed by atoms with Crippen molar-refractivity contribution < 1.29 is 9.45 Å². The lowest BCUT2D eigenvalue weighted by atomic mass is 10.2. The number of hydrogen-bond donors (Lipinski definition) is 0. The zero-order valence-electron chi connectivity index (χ0n) is 11.4. The van der Waals surface area contributed by atoms with Crippen molar-refractivity contribution in [2.24, 2.45) is 0 Å². The maximum atomic E-state index is 10.8. The first kappa shape index (κ1) is 14.3.